The van der Waals surface area contributed by atoms with Gasteiger partial charge in [0.2, 0.25) is 15.0 Å². The molecule has 36 heavy (non-hydrogen) atoms. The van der Waals surface area contributed by atoms with Crippen molar-refractivity contribution in [2.75, 3.05) is 13.3 Å². The highest BCUT2D eigenvalue weighted by Crippen LogP contribution is 2.37. The number of carbonyl (C=O) groups excluding carboxylic acids is 1. The minimum absolute atomic E-state index is 0.0184. The molecule has 0 unspecified atom stereocenters. The van der Waals surface area contributed by atoms with E-state index in [1.54, 1.807) is 12.1 Å². The van der Waals surface area contributed by atoms with E-state index in [1.807, 2.05) is 0 Å². The Morgan fingerprint density at radius 1 is 0.972 bits per heavy atom. The zero-order valence-electron chi connectivity index (χ0n) is 18.4. The number of carbonyl (C=O) groups is 1. The highest BCUT2D eigenvalue weighted by atomic mass is 35.5. The van der Waals surface area contributed by atoms with Gasteiger partial charge in [-0.1, -0.05) is 29.8 Å². The van der Waals surface area contributed by atoms with E-state index >= 15 is 0 Å². The monoisotopic (exact) mass is 551 g/mol. The second-order valence-electron chi connectivity index (χ2n) is 7.74. The largest absolute Gasteiger partial charge is 0.416 e. The molecule has 2 aromatic carbocycles. The zero-order valence-corrected chi connectivity index (χ0v) is 20.0. The van der Waals surface area contributed by atoms with Gasteiger partial charge >= 0.3 is 12.4 Å². The lowest BCUT2D eigenvalue weighted by Gasteiger charge is -2.21. The predicted octanol–water partition coefficient (Wildman–Crippen LogP) is 5.51. The van der Waals surface area contributed by atoms with Crippen molar-refractivity contribution in [3.63, 3.8) is 0 Å². The molecule has 0 saturated carbocycles. The van der Waals surface area contributed by atoms with Crippen molar-refractivity contribution in [3.05, 3.63) is 76.1 Å². The van der Waals surface area contributed by atoms with Crippen LogP contribution < -0.4 is 0 Å². The van der Waals surface area contributed by atoms with Crippen LogP contribution in [0.15, 0.2) is 53.8 Å². The summed E-state index contributed by atoms with van der Waals surface area (Å²) in [6.45, 7) is -0.675. The van der Waals surface area contributed by atoms with Crippen molar-refractivity contribution in [3.8, 4) is 11.1 Å². The van der Waals surface area contributed by atoms with E-state index in [2.05, 4.69) is 9.97 Å². The molecule has 14 heteroatoms. The van der Waals surface area contributed by atoms with Crippen LogP contribution in [0.2, 0.25) is 5.02 Å². The first-order valence-electron chi connectivity index (χ1n) is 9.84. The molecule has 1 amide bonds. The Bertz CT molecular complexity index is 1390. The molecular weight excluding hydrogens is 536 g/mol. The smallest absolute Gasteiger partial charge is 0.336 e. The Labute approximate surface area is 206 Å². The number of halogens is 7. The molecular formula is C22H16ClF6N3O3S. The molecule has 0 N–H and O–H groups in total. The molecule has 0 aliphatic rings. The number of alkyl halides is 6. The summed E-state index contributed by atoms with van der Waals surface area (Å²) in [5.74, 6) is -0.983. The number of benzene rings is 2. The van der Waals surface area contributed by atoms with Gasteiger partial charge in [-0.2, -0.15) is 26.3 Å². The van der Waals surface area contributed by atoms with Gasteiger partial charge in [0.15, 0.2) is 0 Å². The SMILES string of the molecule is CN(Cc1cc(C(F)(F)F)cc(C(F)(F)F)c1)C(=O)c1nc(S(C)(=O)=O)ncc1-c1ccccc1Cl. The lowest BCUT2D eigenvalue weighted by molar-refractivity contribution is -0.143. The Morgan fingerprint density at radius 2 is 1.53 bits per heavy atom. The Hall–Kier alpha value is -3.19. The van der Waals surface area contributed by atoms with Crippen molar-refractivity contribution < 1.29 is 39.6 Å². The summed E-state index contributed by atoms with van der Waals surface area (Å²) < 4.78 is 103. The Kier molecular flexibility index (Phi) is 7.38. The van der Waals surface area contributed by atoms with Crippen LogP contribution in [0.3, 0.4) is 0 Å². The highest BCUT2D eigenvalue weighted by molar-refractivity contribution is 7.90. The van der Waals surface area contributed by atoms with Gasteiger partial charge in [-0.25, -0.2) is 18.4 Å². The third kappa shape index (κ3) is 6.13. The van der Waals surface area contributed by atoms with Crippen LogP contribution in [0, 0.1) is 0 Å². The second-order valence-corrected chi connectivity index (χ2v) is 10.1. The van der Waals surface area contributed by atoms with Crippen LogP contribution in [-0.4, -0.2) is 42.5 Å². The maximum Gasteiger partial charge on any atom is 0.416 e. The standard InChI is InChI=1S/C22H16ClF6N3O3S/c1-32(11-12-7-13(21(24,25)26)9-14(8-12)22(27,28)29)19(33)18-16(15-5-3-4-6-17(15)23)10-30-20(31-18)36(2,34)35/h3-10H,11H2,1-2H3. The molecule has 0 aliphatic carbocycles. The molecule has 3 rings (SSSR count). The van der Waals surface area contributed by atoms with E-state index in [9.17, 15) is 39.6 Å². The Balaban J connectivity index is 2.09. The zero-order chi connectivity index (χ0) is 27.1. The van der Waals surface area contributed by atoms with E-state index in [0.29, 0.717) is 12.1 Å². The number of nitrogens with zero attached hydrogens (tertiary/aromatic N) is 3. The Morgan fingerprint density at radius 3 is 2.03 bits per heavy atom. The summed E-state index contributed by atoms with van der Waals surface area (Å²) in [5, 5.41) is -0.536. The fourth-order valence-electron chi connectivity index (χ4n) is 3.22. The van der Waals surface area contributed by atoms with Gasteiger partial charge in [-0.05, 0) is 29.8 Å². The predicted molar refractivity (Wildman–Crippen MR) is 118 cm³/mol. The summed E-state index contributed by atoms with van der Waals surface area (Å²) in [6.07, 6.45) is -8.27. The van der Waals surface area contributed by atoms with E-state index in [4.69, 9.17) is 11.6 Å². The summed E-state index contributed by atoms with van der Waals surface area (Å²) in [4.78, 5) is 21.6. The minimum atomic E-state index is -5.06. The first kappa shape index (κ1) is 27.4. The lowest BCUT2D eigenvalue weighted by Crippen LogP contribution is -2.29. The normalized spacial score (nSPS) is 12.5. The first-order valence-corrected chi connectivity index (χ1v) is 12.1. The fourth-order valence-corrected chi connectivity index (χ4v) is 3.96. The highest BCUT2D eigenvalue weighted by Gasteiger charge is 2.37. The maximum atomic E-state index is 13.3. The number of rotatable bonds is 5. The van der Waals surface area contributed by atoms with Crippen molar-refractivity contribution in [1.82, 2.24) is 14.9 Å². The van der Waals surface area contributed by atoms with Gasteiger partial charge in [0.05, 0.1) is 11.1 Å². The molecule has 0 radical (unpaired) electrons. The molecule has 192 valence electrons. The van der Waals surface area contributed by atoms with Gasteiger partial charge in [0, 0.05) is 42.2 Å². The number of hydrogen-bond donors (Lipinski definition) is 0. The number of amides is 1. The van der Waals surface area contributed by atoms with E-state index in [1.165, 1.54) is 12.1 Å². The molecule has 3 aromatic rings. The molecule has 0 spiro atoms. The van der Waals surface area contributed by atoms with E-state index in [0.717, 1.165) is 24.4 Å². The van der Waals surface area contributed by atoms with Crippen molar-refractivity contribution in [2.24, 2.45) is 0 Å². The van der Waals surface area contributed by atoms with Crippen LogP contribution in [0.1, 0.15) is 27.2 Å². The van der Waals surface area contributed by atoms with Crippen LogP contribution in [-0.2, 0) is 28.7 Å². The average molecular weight is 552 g/mol. The molecule has 0 bridgehead atoms. The molecule has 1 heterocycles. The summed E-state index contributed by atoms with van der Waals surface area (Å²) in [5.41, 5.74) is -3.70. The third-order valence-corrected chi connectivity index (χ3v) is 6.07. The summed E-state index contributed by atoms with van der Waals surface area (Å²) in [7, 11) is -2.85. The average Bonchev–Trinajstić information content (AvgIpc) is 2.76. The first-order chi connectivity index (χ1) is 16.5. The summed E-state index contributed by atoms with van der Waals surface area (Å²) in [6, 6.07) is 7.12. The number of aromatic nitrogens is 2. The van der Waals surface area contributed by atoms with Crippen molar-refractivity contribution >= 4 is 27.3 Å². The minimum Gasteiger partial charge on any atom is -0.336 e. The van der Waals surface area contributed by atoms with Gasteiger partial charge < -0.3 is 4.90 Å². The number of sulfone groups is 1. The van der Waals surface area contributed by atoms with Crippen molar-refractivity contribution in [1.29, 1.82) is 0 Å². The van der Waals surface area contributed by atoms with Gasteiger partial charge in [0.1, 0.15) is 5.69 Å². The van der Waals surface area contributed by atoms with Crippen molar-refractivity contribution in [2.45, 2.75) is 24.1 Å². The summed E-state index contributed by atoms with van der Waals surface area (Å²) >= 11 is 6.18. The lowest BCUT2D eigenvalue weighted by atomic mass is 10.0. The van der Waals surface area contributed by atoms with Crippen LogP contribution >= 0.6 is 11.6 Å². The van der Waals surface area contributed by atoms with Crippen LogP contribution in [0.4, 0.5) is 26.3 Å². The molecule has 0 atom stereocenters. The topological polar surface area (TPSA) is 80.2 Å². The van der Waals surface area contributed by atoms with Crippen LogP contribution in [0.5, 0.6) is 0 Å². The maximum absolute atomic E-state index is 13.3. The van der Waals surface area contributed by atoms with Crippen LogP contribution in [0.25, 0.3) is 11.1 Å². The van der Waals surface area contributed by atoms with E-state index < -0.39 is 62.2 Å². The molecule has 0 saturated heterocycles. The molecule has 1 aromatic heterocycles. The van der Waals surface area contributed by atoms with E-state index in [-0.39, 0.29) is 22.2 Å². The molecule has 0 fully saturated rings. The van der Waals surface area contributed by atoms with Gasteiger partial charge in [-0.3, -0.25) is 4.79 Å². The molecule has 0 aliphatic heterocycles. The fraction of sp³-hybridized carbons (Fsp3) is 0.227. The number of hydrogen-bond acceptors (Lipinski definition) is 5. The van der Waals surface area contributed by atoms with Gasteiger partial charge in [-0.15, -0.1) is 0 Å². The third-order valence-electron chi connectivity index (χ3n) is 4.88. The second kappa shape index (κ2) is 9.69. The molecule has 6 nitrogen and oxygen atoms in total. The quantitative estimate of drug-likeness (QED) is 0.309. The van der Waals surface area contributed by atoms with Gasteiger partial charge in [0.25, 0.3) is 5.91 Å².